The van der Waals surface area contributed by atoms with Crippen LogP contribution in [-0.2, 0) is 9.59 Å². The summed E-state index contributed by atoms with van der Waals surface area (Å²) < 4.78 is 0. The molecular formula is C21H26ClN3O2. The van der Waals surface area contributed by atoms with Gasteiger partial charge in [0.05, 0.1) is 13.1 Å². The smallest absolute Gasteiger partial charge is 0.238 e. The second kappa shape index (κ2) is 9.02. The SMILES string of the molecule is Cc1cc(C)c(NC(=O)CN(C)CC(=O)Nc2ccc(C)c(Cl)c2)c(C)c1. The molecule has 144 valence electrons. The number of likely N-dealkylation sites (N-methyl/N-ethyl adjacent to an activating group) is 1. The monoisotopic (exact) mass is 387 g/mol. The summed E-state index contributed by atoms with van der Waals surface area (Å²) in [5, 5.41) is 6.34. The van der Waals surface area contributed by atoms with Crippen LogP contribution in [0, 0.1) is 27.7 Å². The minimum absolute atomic E-state index is 0.102. The van der Waals surface area contributed by atoms with Gasteiger partial charge in [-0.05, 0) is 63.6 Å². The normalized spacial score (nSPS) is 10.8. The highest BCUT2D eigenvalue weighted by molar-refractivity contribution is 6.31. The third-order valence-electron chi connectivity index (χ3n) is 4.22. The first kappa shape index (κ1) is 20.9. The van der Waals surface area contributed by atoms with Crippen molar-refractivity contribution in [3.05, 3.63) is 57.6 Å². The van der Waals surface area contributed by atoms with E-state index in [1.54, 1.807) is 24.1 Å². The summed E-state index contributed by atoms with van der Waals surface area (Å²) in [6, 6.07) is 9.43. The first-order valence-electron chi connectivity index (χ1n) is 8.78. The molecule has 0 aliphatic carbocycles. The third-order valence-corrected chi connectivity index (χ3v) is 4.63. The van der Waals surface area contributed by atoms with Crippen LogP contribution in [0.4, 0.5) is 11.4 Å². The molecule has 0 saturated heterocycles. The lowest BCUT2D eigenvalue weighted by Gasteiger charge is -2.18. The second-order valence-electron chi connectivity index (χ2n) is 7.01. The van der Waals surface area contributed by atoms with E-state index in [-0.39, 0.29) is 24.9 Å². The largest absolute Gasteiger partial charge is 0.325 e. The molecule has 2 aromatic rings. The average molecular weight is 388 g/mol. The summed E-state index contributed by atoms with van der Waals surface area (Å²) in [6.07, 6.45) is 0. The molecule has 0 radical (unpaired) electrons. The Kier molecular flexibility index (Phi) is 6.99. The maximum absolute atomic E-state index is 12.3. The molecule has 0 aliphatic rings. The molecule has 6 heteroatoms. The van der Waals surface area contributed by atoms with Crippen molar-refractivity contribution >= 4 is 34.8 Å². The van der Waals surface area contributed by atoms with Crippen LogP contribution in [0.25, 0.3) is 0 Å². The van der Waals surface area contributed by atoms with Crippen molar-refractivity contribution in [1.29, 1.82) is 0 Å². The summed E-state index contributed by atoms with van der Waals surface area (Å²) in [5.41, 5.74) is 5.63. The molecule has 2 aromatic carbocycles. The zero-order chi connectivity index (χ0) is 20.1. The maximum Gasteiger partial charge on any atom is 0.238 e. The van der Waals surface area contributed by atoms with E-state index in [0.717, 1.165) is 27.9 Å². The lowest BCUT2D eigenvalue weighted by atomic mass is 10.1. The Balaban J connectivity index is 1.89. The fourth-order valence-electron chi connectivity index (χ4n) is 2.97. The first-order valence-corrected chi connectivity index (χ1v) is 9.15. The van der Waals surface area contributed by atoms with Gasteiger partial charge in [0.1, 0.15) is 0 Å². The van der Waals surface area contributed by atoms with Gasteiger partial charge in [-0.1, -0.05) is 35.4 Å². The molecule has 0 bridgehead atoms. The lowest BCUT2D eigenvalue weighted by molar-refractivity contribution is -0.119. The Labute approximate surface area is 165 Å². The summed E-state index contributed by atoms with van der Waals surface area (Å²) in [5.74, 6) is -0.355. The number of anilines is 2. The van der Waals surface area contributed by atoms with E-state index < -0.39 is 0 Å². The summed E-state index contributed by atoms with van der Waals surface area (Å²) in [6.45, 7) is 8.09. The number of nitrogens with one attached hydrogen (secondary N) is 2. The Bertz CT molecular complexity index is 841. The minimum atomic E-state index is -0.201. The van der Waals surface area contributed by atoms with Gasteiger partial charge < -0.3 is 10.6 Å². The number of nitrogens with zero attached hydrogens (tertiary/aromatic N) is 1. The molecule has 0 aromatic heterocycles. The number of hydrogen-bond acceptors (Lipinski definition) is 3. The molecular weight excluding hydrogens is 362 g/mol. The molecule has 0 atom stereocenters. The number of amides is 2. The van der Waals surface area contributed by atoms with Crippen molar-refractivity contribution in [2.24, 2.45) is 0 Å². The maximum atomic E-state index is 12.3. The second-order valence-corrected chi connectivity index (χ2v) is 7.41. The lowest BCUT2D eigenvalue weighted by Crippen LogP contribution is -2.36. The van der Waals surface area contributed by atoms with Crippen LogP contribution in [-0.4, -0.2) is 36.9 Å². The Morgan fingerprint density at radius 3 is 2.00 bits per heavy atom. The number of carbonyl (C=O) groups excluding carboxylic acids is 2. The Hall–Kier alpha value is -2.37. The van der Waals surface area contributed by atoms with Crippen molar-refractivity contribution in [2.75, 3.05) is 30.8 Å². The van der Waals surface area contributed by atoms with E-state index in [4.69, 9.17) is 11.6 Å². The van der Waals surface area contributed by atoms with Crippen molar-refractivity contribution in [3.8, 4) is 0 Å². The van der Waals surface area contributed by atoms with Gasteiger partial charge in [-0.3, -0.25) is 14.5 Å². The van der Waals surface area contributed by atoms with Gasteiger partial charge >= 0.3 is 0 Å². The van der Waals surface area contributed by atoms with Gasteiger partial charge in [0.15, 0.2) is 0 Å². The number of aryl methyl sites for hydroxylation is 4. The number of benzene rings is 2. The zero-order valence-electron chi connectivity index (χ0n) is 16.4. The molecule has 0 fully saturated rings. The third kappa shape index (κ3) is 6.08. The fraction of sp³-hybridized carbons (Fsp3) is 0.333. The average Bonchev–Trinajstić information content (AvgIpc) is 2.54. The van der Waals surface area contributed by atoms with Gasteiger partial charge in [-0.25, -0.2) is 0 Å². The van der Waals surface area contributed by atoms with Crippen molar-refractivity contribution < 1.29 is 9.59 Å². The van der Waals surface area contributed by atoms with E-state index in [0.29, 0.717) is 10.7 Å². The van der Waals surface area contributed by atoms with E-state index in [9.17, 15) is 9.59 Å². The predicted molar refractivity (Wildman–Crippen MR) is 112 cm³/mol. The number of halogens is 1. The number of rotatable bonds is 6. The van der Waals surface area contributed by atoms with Crippen LogP contribution in [0.1, 0.15) is 22.3 Å². The quantitative estimate of drug-likeness (QED) is 0.785. The molecule has 2 amide bonds. The molecule has 0 unspecified atom stereocenters. The van der Waals surface area contributed by atoms with Crippen molar-refractivity contribution in [3.63, 3.8) is 0 Å². The molecule has 5 nitrogen and oxygen atoms in total. The standard InChI is InChI=1S/C21H26ClN3O2/c1-13-8-15(3)21(16(4)9-13)24-20(27)12-25(5)11-19(26)23-17-7-6-14(2)18(22)10-17/h6-10H,11-12H2,1-5H3,(H,23,26)(H,24,27). The fourth-order valence-corrected chi connectivity index (χ4v) is 3.15. The van der Waals surface area contributed by atoms with Crippen LogP contribution >= 0.6 is 11.6 Å². The van der Waals surface area contributed by atoms with Gasteiger partial charge in [0.25, 0.3) is 0 Å². The van der Waals surface area contributed by atoms with Crippen LogP contribution in [0.15, 0.2) is 30.3 Å². The predicted octanol–water partition coefficient (Wildman–Crippen LogP) is 4.08. The van der Waals surface area contributed by atoms with Crippen molar-refractivity contribution in [2.45, 2.75) is 27.7 Å². The molecule has 2 N–H and O–H groups in total. The van der Waals surface area contributed by atoms with Crippen LogP contribution < -0.4 is 10.6 Å². The number of carbonyl (C=O) groups is 2. The van der Waals surface area contributed by atoms with Gasteiger partial charge in [0.2, 0.25) is 11.8 Å². The highest BCUT2D eigenvalue weighted by Gasteiger charge is 2.13. The highest BCUT2D eigenvalue weighted by Crippen LogP contribution is 2.22. The minimum Gasteiger partial charge on any atom is -0.325 e. The summed E-state index contributed by atoms with van der Waals surface area (Å²) in [4.78, 5) is 26.2. The van der Waals surface area contributed by atoms with Crippen LogP contribution in [0.5, 0.6) is 0 Å². The molecule has 0 aliphatic heterocycles. The van der Waals surface area contributed by atoms with Gasteiger partial charge in [0, 0.05) is 16.4 Å². The van der Waals surface area contributed by atoms with E-state index in [1.807, 2.05) is 45.9 Å². The van der Waals surface area contributed by atoms with E-state index in [1.165, 1.54) is 0 Å². The van der Waals surface area contributed by atoms with E-state index >= 15 is 0 Å². The zero-order valence-corrected chi connectivity index (χ0v) is 17.2. The Morgan fingerprint density at radius 1 is 0.889 bits per heavy atom. The number of hydrogen-bond donors (Lipinski definition) is 2. The van der Waals surface area contributed by atoms with Gasteiger partial charge in [-0.15, -0.1) is 0 Å². The van der Waals surface area contributed by atoms with E-state index in [2.05, 4.69) is 10.6 Å². The summed E-state index contributed by atoms with van der Waals surface area (Å²) in [7, 11) is 1.73. The molecule has 0 heterocycles. The highest BCUT2D eigenvalue weighted by atomic mass is 35.5. The van der Waals surface area contributed by atoms with Gasteiger partial charge in [-0.2, -0.15) is 0 Å². The molecule has 27 heavy (non-hydrogen) atoms. The summed E-state index contributed by atoms with van der Waals surface area (Å²) >= 11 is 6.07. The first-order chi connectivity index (χ1) is 12.7. The molecule has 0 spiro atoms. The van der Waals surface area contributed by atoms with Crippen molar-refractivity contribution in [1.82, 2.24) is 4.90 Å². The molecule has 2 rings (SSSR count). The Morgan fingerprint density at radius 2 is 1.44 bits per heavy atom. The van der Waals surface area contributed by atoms with Crippen LogP contribution in [0.3, 0.4) is 0 Å². The topological polar surface area (TPSA) is 61.4 Å². The van der Waals surface area contributed by atoms with Crippen LogP contribution in [0.2, 0.25) is 5.02 Å². The molecule has 0 saturated carbocycles.